The average Bonchev–Trinajstić information content (AvgIpc) is 1.75. The van der Waals surface area contributed by atoms with Gasteiger partial charge < -0.3 is 4.74 Å². The Morgan fingerprint density at radius 1 is 1.27 bits per heavy atom. The standard InChI is InChI=1S/C10H18O/c1-8(2)9(3)6-10(7-9)4-5-11-10/h8H,4-7H2,1-3H3. The van der Waals surface area contributed by atoms with Gasteiger partial charge in [0.05, 0.1) is 12.2 Å². The highest BCUT2D eigenvalue weighted by atomic mass is 16.5. The molecule has 1 heterocycles. The fraction of sp³-hybridized carbons (Fsp3) is 1.00. The Morgan fingerprint density at radius 2 is 1.82 bits per heavy atom. The molecule has 1 heteroatoms. The highest BCUT2D eigenvalue weighted by Gasteiger charge is 2.57. The first kappa shape index (κ1) is 7.60. The third kappa shape index (κ3) is 0.936. The van der Waals surface area contributed by atoms with Gasteiger partial charge in [0, 0.05) is 0 Å². The van der Waals surface area contributed by atoms with Gasteiger partial charge >= 0.3 is 0 Å². The van der Waals surface area contributed by atoms with Crippen molar-refractivity contribution in [3.8, 4) is 0 Å². The van der Waals surface area contributed by atoms with Crippen molar-refractivity contribution in [2.75, 3.05) is 6.61 Å². The van der Waals surface area contributed by atoms with E-state index in [2.05, 4.69) is 20.8 Å². The summed E-state index contributed by atoms with van der Waals surface area (Å²) in [7, 11) is 0. The van der Waals surface area contributed by atoms with E-state index < -0.39 is 0 Å². The molecule has 0 aromatic heterocycles. The normalized spacial score (nSPS) is 49.1. The summed E-state index contributed by atoms with van der Waals surface area (Å²) in [4.78, 5) is 0. The summed E-state index contributed by atoms with van der Waals surface area (Å²) >= 11 is 0. The molecular formula is C10H18O. The fourth-order valence-corrected chi connectivity index (χ4v) is 2.50. The molecule has 0 aromatic carbocycles. The van der Waals surface area contributed by atoms with Crippen LogP contribution in [0, 0.1) is 11.3 Å². The number of hydrogen-bond acceptors (Lipinski definition) is 1. The summed E-state index contributed by atoms with van der Waals surface area (Å²) in [6.07, 6.45) is 3.92. The maximum absolute atomic E-state index is 5.60. The van der Waals surface area contributed by atoms with Crippen LogP contribution in [0.5, 0.6) is 0 Å². The van der Waals surface area contributed by atoms with Crippen molar-refractivity contribution in [2.24, 2.45) is 11.3 Å². The van der Waals surface area contributed by atoms with Crippen LogP contribution in [0.2, 0.25) is 0 Å². The Morgan fingerprint density at radius 3 is 2.09 bits per heavy atom. The average molecular weight is 154 g/mol. The molecule has 0 unspecified atom stereocenters. The van der Waals surface area contributed by atoms with Crippen LogP contribution in [-0.2, 0) is 4.74 Å². The Hall–Kier alpha value is -0.0400. The van der Waals surface area contributed by atoms with Gasteiger partial charge in [0.2, 0.25) is 0 Å². The molecule has 1 spiro atoms. The lowest BCUT2D eigenvalue weighted by atomic mass is 9.53. The van der Waals surface area contributed by atoms with Crippen LogP contribution >= 0.6 is 0 Å². The maximum atomic E-state index is 5.60. The molecule has 11 heavy (non-hydrogen) atoms. The summed E-state index contributed by atoms with van der Waals surface area (Å²) in [5, 5.41) is 0. The first-order valence-electron chi connectivity index (χ1n) is 4.70. The van der Waals surface area contributed by atoms with Gasteiger partial charge in [-0.2, -0.15) is 0 Å². The predicted octanol–water partition coefficient (Wildman–Crippen LogP) is 2.60. The topological polar surface area (TPSA) is 9.23 Å². The molecule has 1 saturated carbocycles. The first-order chi connectivity index (χ1) is 5.06. The predicted molar refractivity (Wildman–Crippen MR) is 45.5 cm³/mol. The third-order valence-electron chi connectivity index (χ3n) is 3.81. The molecule has 1 aliphatic heterocycles. The van der Waals surface area contributed by atoms with Gasteiger partial charge in [-0.25, -0.2) is 0 Å². The summed E-state index contributed by atoms with van der Waals surface area (Å²) in [6.45, 7) is 8.05. The van der Waals surface area contributed by atoms with Crippen LogP contribution < -0.4 is 0 Å². The van der Waals surface area contributed by atoms with Crippen molar-refractivity contribution in [1.29, 1.82) is 0 Å². The molecule has 1 nitrogen and oxygen atoms in total. The second-order valence-electron chi connectivity index (χ2n) is 4.94. The maximum Gasteiger partial charge on any atom is 0.0715 e. The summed E-state index contributed by atoms with van der Waals surface area (Å²) < 4.78 is 5.60. The van der Waals surface area contributed by atoms with Gasteiger partial charge in [-0.1, -0.05) is 20.8 Å². The molecule has 0 N–H and O–H groups in total. The lowest BCUT2D eigenvalue weighted by Gasteiger charge is -2.61. The van der Waals surface area contributed by atoms with Crippen molar-refractivity contribution in [2.45, 2.75) is 45.6 Å². The van der Waals surface area contributed by atoms with E-state index in [4.69, 9.17) is 4.74 Å². The molecule has 0 amide bonds. The second-order valence-corrected chi connectivity index (χ2v) is 4.94. The monoisotopic (exact) mass is 154 g/mol. The van der Waals surface area contributed by atoms with Crippen molar-refractivity contribution < 1.29 is 4.74 Å². The Labute approximate surface area is 69.1 Å². The Balaban J connectivity index is 1.95. The Kier molecular flexibility index (Phi) is 1.39. The Bertz CT molecular complexity index is 160. The molecule has 2 aliphatic rings. The molecule has 2 fully saturated rings. The molecule has 0 aromatic rings. The number of hydrogen-bond donors (Lipinski definition) is 0. The highest BCUT2D eigenvalue weighted by molar-refractivity contribution is 5.07. The molecule has 64 valence electrons. The zero-order valence-electron chi connectivity index (χ0n) is 7.81. The molecule has 1 aliphatic carbocycles. The molecule has 2 rings (SSSR count). The van der Waals surface area contributed by atoms with E-state index in [9.17, 15) is 0 Å². The van der Waals surface area contributed by atoms with Gasteiger partial charge in [0.25, 0.3) is 0 Å². The van der Waals surface area contributed by atoms with E-state index in [1.807, 2.05) is 0 Å². The SMILES string of the molecule is CC(C)C1(C)CC2(CCO2)C1. The van der Waals surface area contributed by atoms with Crippen molar-refractivity contribution >= 4 is 0 Å². The van der Waals surface area contributed by atoms with Crippen LogP contribution in [0.1, 0.15) is 40.0 Å². The van der Waals surface area contributed by atoms with Crippen LogP contribution in [0.3, 0.4) is 0 Å². The van der Waals surface area contributed by atoms with Crippen LogP contribution in [0.25, 0.3) is 0 Å². The van der Waals surface area contributed by atoms with Crippen LogP contribution in [-0.4, -0.2) is 12.2 Å². The van der Waals surface area contributed by atoms with Gasteiger partial charge in [0.15, 0.2) is 0 Å². The summed E-state index contributed by atoms with van der Waals surface area (Å²) in [5.74, 6) is 0.817. The quantitative estimate of drug-likeness (QED) is 0.564. The van der Waals surface area contributed by atoms with Gasteiger partial charge in [0.1, 0.15) is 0 Å². The summed E-state index contributed by atoms with van der Waals surface area (Å²) in [5.41, 5.74) is 0.944. The van der Waals surface area contributed by atoms with Gasteiger partial charge in [-0.05, 0) is 30.6 Å². The van der Waals surface area contributed by atoms with E-state index in [1.54, 1.807) is 0 Å². The molecule has 0 atom stereocenters. The van der Waals surface area contributed by atoms with E-state index in [0.717, 1.165) is 12.5 Å². The fourth-order valence-electron chi connectivity index (χ4n) is 2.50. The molecular weight excluding hydrogens is 136 g/mol. The molecule has 1 saturated heterocycles. The lowest BCUT2D eigenvalue weighted by Crippen LogP contribution is -2.60. The minimum absolute atomic E-state index is 0.360. The lowest BCUT2D eigenvalue weighted by molar-refractivity contribution is -0.248. The second kappa shape index (κ2) is 2.01. The zero-order chi connectivity index (χ0) is 8.11. The van der Waals surface area contributed by atoms with E-state index in [-0.39, 0.29) is 0 Å². The van der Waals surface area contributed by atoms with E-state index >= 15 is 0 Å². The van der Waals surface area contributed by atoms with Crippen molar-refractivity contribution in [1.82, 2.24) is 0 Å². The van der Waals surface area contributed by atoms with Crippen molar-refractivity contribution in [3.05, 3.63) is 0 Å². The largest absolute Gasteiger partial charge is 0.375 e. The van der Waals surface area contributed by atoms with Crippen molar-refractivity contribution in [3.63, 3.8) is 0 Å². The minimum Gasteiger partial charge on any atom is -0.375 e. The molecule has 0 bridgehead atoms. The van der Waals surface area contributed by atoms with Gasteiger partial charge in [-0.15, -0.1) is 0 Å². The van der Waals surface area contributed by atoms with E-state index in [1.165, 1.54) is 19.3 Å². The van der Waals surface area contributed by atoms with Crippen LogP contribution in [0.4, 0.5) is 0 Å². The third-order valence-corrected chi connectivity index (χ3v) is 3.81. The smallest absolute Gasteiger partial charge is 0.0715 e. The number of rotatable bonds is 1. The molecule has 0 radical (unpaired) electrons. The van der Waals surface area contributed by atoms with E-state index in [0.29, 0.717) is 11.0 Å². The zero-order valence-corrected chi connectivity index (χ0v) is 7.81. The van der Waals surface area contributed by atoms with Crippen LogP contribution in [0.15, 0.2) is 0 Å². The first-order valence-corrected chi connectivity index (χ1v) is 4.70. The summed E-state index contributed by atoms with van der Waals surface area (Å²) in [6, 6.07) is 0. The van der Waals surface area contributed by atoms with Gasteiger partial charge in [-0.3, -0.25) is 0 Å². The highest BCUT2D eigenvalue weighted by Crippen LogP contribution is 2.59. The number of ether oxygens (including phenoxy) is 1. The minimum atomic E-state index is 0.360.